The summed E-state index contributed by atoms with van der Waals surface area (Å²) in [5, 5.41) is 0. The first-order valence-corrected chi connectivity index (χ1v) is 5.59. The van der Waals surface area contributed by atoms with Crippen LogP contribution in [-0.4, -0.2) is 26.4 Å². The number of hydrogen-bond acceptors (Lipinski definition) is 2. The maximum absolute atomic E-state index is 5.78. The third-order valence-corrected chi connectivity index (χ3v) is 2.69. The molecule has 1 unspecified atom stereocenters. The molecule has 82 valence electrons. The molecule has 0 aliphatic heterocycles. The first-order valence-electron chi connectivity index (χ1n) is 5.59. The molecule has 0 bridgehead atoms. The highest BCUT2D eigenvalue weighted by molar-refractivity contribution is 5.03. The van der Waals surface area contributed by atoms with Gasteiger partial charge in [0.2, 0.25) is 0 Å². The van der Waals surface area contributed by atoms with Gasteiger partial charge in [-0.15, -0.1) is 0 Å². The molecule has 1 aliphatic carbocycles. The molecule has 0 aromatic rings. The molecule has 0 saturated carbocycles. The van der Waals surface area contributed by atoms with Crippen molar-refractivity contribution in [3.63, 3.8) is 0 Å². The van der Waals surface area contributed by atoms with E-state index in [1.807, 2.05) is 0 Å². The highest BCUT2D eigenvalue weighted by atomic mass is 16.5. The van der Waals surface area contributed by atoms with Gasteiger partial charge in [-0.05, 0) is 39.0 Å². The summed E-state index contributed by atoms with van der Waals surface area (Å²) in [5.74, 6) is 0. The van der Waals surface area contributed by atoms with Crippen LogP contribution in [0.25, 0.3) is 0 Å². The van der Waals surface area contributed by atoms with Crippen LogP contribution in [0, 0.1) is 0 Å². The third kappa shape index (κ3) is 4.77. The molecule has 2 heteroatoms. The molecule has 0 saturated heterocycles. The van der Waals surface area contributed by atoms with Crippen LogP contribution >= 0.6 is 0 Å². The van der Waals surface area contributed by atoms with Gasteiger partial charge in [-0.2, -0.15) is 0 Å². The van der Waals surface area contributed by atoms with Crippen molar-refractivity contribution in [1.82, 2.24) is 0 Å². The highest BCUT2D eigenvalue weighted by Crippen LogP contribution is 2.19. The Morgan fingerprint density at radius 2 is 2.14 bits per heavy atom. The predicted molar refractivity (Wildman–Crippen MR) is 58.5 cm³/mol. The Balaban J connectivity index is 1.97. The van der Waals surface area contributed by atoms with Gasteiger partial charge in [-0.1, -0.05) is 11.6 Å². The quantitative estimate of drug-likeness (QED) is 0.482. The predicted octanol–water partition coefficient (Wildman–Crippen LogP) is 2.93. The van der Waals surface area contributed by atoms with Crippen LogP contribution in [0.15, 0.2) is 11.6 Å². The molecule has 0 fully saturated rings. The van der Waals surface area contributed by atoms with Gasteiger partial charge in [0.25, 0.3) is 0 Å². The average molecular weight is 198 g/mol. The molecule has 0 spiro atoms. The normalized spacial score (nSPS) is 22.1. The monoisotopic (exact) mass is 198 g/mol. The van der Waals surface area contributed by atoms with E-state index in [9.17, 15) is 0 Å². The fourth-order valence-corrected chi connectivity index (χ4v) is 1.69. The summed E-state index contributed by atoms with van der Waals surface area (Å²) in [6, 6.07) is 0. The number of ether oxygens (including phenoxy) is 2. The molecule has 0 aromatic carbocycles. The zero-order valence-electron chi connectivity index (χ0n) is 9.42. The second-order valence-electron chi connectivity index (χ2n) is 4.02. The largest absolute Gasteiger partial charge is 0.385 e. The van der Waals surface area contributed by atoms with Gasteiger partial charge in [0.15, 0.2) is 0 Å². The van der Waals surface area contributed by atoms with Crippen LogP contribution in [0.5, 0.6) is 0 Å². The standard InChI is InChI=1S/C12H22O2/c1-11-5-7-12(8-6-11)14-10-4-3-9-13-2/h5,12H,3-4,6-10H2,1-2H3. The maximum Gasteiger partial charge on any atom is 0.0612 e. The molecule has 0 aromatic heterocycles. The van der Waals surface area contributed by atoms with Crippen LogP contribution < -0.4 is 0 Å². The molecule has 1 aliphatic rings. The van der Waals surface area contributed by atoms with Gasteiger partial charge in [0.1, 0.15) is 0 Å². The second-order valence-corrected chi connectivity index (χ2v) is 4.02. The lowest BCUT2D eigenvalue weighted by Crippen LogP contribution is -2.16. The van der Waals surface area contributed by atoms with Gasteiger partial charge in [-0.25, -0.2) is 0 Å². The first kappa shape index (κ1) is 11.7. The number of rotatable bonds is 6. The van der Waals surface area contributed by atoms with Crippen LogP contribution in [-0.2, 0) is 9.47 Å². The Morgan fingerprint density at radius 3 is 2.79 bits per heavy atom. The van der Waals surface area contributed by atoms with Crippen molar-refractivity contribution in [2.45, 2.75) is 45.1 Å². The molecule has 0 amide bonds. The molecule has 0 N–H and O–H groups in total. The summed E-state index contributed by atoms with van der Waals surface area (Å²) in [7, 11) is 1.75. The summed E-state index contributed by atoms with van der Waals surface area (Å²) in [6.07, 6.45) is 8.53. The number of hydrogen-bond donors (Lipinski definition) is 0. The number of unbranched alkanes of at least 4 members (excludes halogenated alkanes) is 1. The SMILES string of the molecule is COCCCCOC1CC=C(C)CC1. The minimum absolute atomic E-state index is 0.473. The fraction of sp³-hybridized carbons (Fsp3) is 0.833. The molecular weight excluding hydrogens is 176 g/mol. The van der Waals surface area contributed by atoms with Crippen molar-refractivity contribution >= 4 is 0 Å². The van der Waals surface area contributed by atoms with E-state index in [1.165, 1.54) is 18.4 Å². The van der Waals surface area contributed by atoms with E-state index < -0.39 is 0 Å². The van der Waals surface area contributed by atoms with Crippen LogP contribution in [0.2, 0.25) is 0 Å². The summed E-state index contributed by atoms with van der Waals surface area (Å²) < 4.78 is 10.8. The summed E-state index contributed by atoms with van der Waals surface area (Å²) in [6.45, 7) is 3.95. The van der Waals surface area contributed by atoms with E-state index in [-0.39, 0.29) is 0 Å². The zero-order chi connectivity index (χ0) is 10.2. The summed E-state index contributed by atoms with van der Waals surface area (Å²) in [5.41, 5.74) is 1.52. The lowest BCUT2D eigenvalue weighted by atomic mass is 9.98. The van der Waals surface area contributed by atoms with Crippen molar-refractivity contribution < 1.29 is 9.47 Å². The Bertz CT molecular complexity index is 175. The number of methoxy groups -OCH3 is 1. The molecule has 0 radical (unpaired) electrons. The van der Waals surface area contributed by atoms with E-state index >= 15 is 0 Å². The van der Waals surface area contributed by atoms with Gasteiger partial charge >= 0.3 is 0 Å². The Hall–Kier alpha value is -0.340. The zero-order valence-corrected chi connectivity index (χ0v) is 9.42. The van der Waals surface area contributed by atoms with E-state index in [0.29, 0.717) is 6.10 Å². The molecular formula is C12H22O2. The van der Waals surface area contributed by atoms with E-state index in [1.54, 1.807) is 7.11 Å². The van der Waals surface area contributed by atoms with Crippen molar-refractivity contribution in [1.29, 1.82) is 0 Å². The van der Waals surface area contributed by atoms with E-state index in [2.05, 4.69) is 13.0 Å². The van der Waals surface area contributed by atoms with E-state index in [4.69, 9.17) is 9.47 Å². The van der Waals surface area contributed by atoms with Gasteiger partial charge < -0.3 is 9.47 Å². The first-order chi connectivity index (χ1) is 6.83. The topological polar surface area (TPSA) is 18.5 Å². The van der Waals surface area contributed by atoms with E-state index in [0.717, 1.165) is 32.5 Å². The molecule has 0 heterocycles. The molecule has 1 atom stereocenters. The summed E-state index contributed by atoms with van der Waals surface area (Å²) >= 11 is 0. The molecule has 1 rings (SSSR count). The molecule has 2 nitrogen and oxygen atoms in total. The highest BCUT2D eigenvalue weighted by Gasteiger charge is 2.11. The minimum atomic E-state index is 0.473. The van der Waals surface area contributed by atoms with Crippen LogP contribution in [0.1, 0.15) is 39.0 Å². The average Bonchev–Trinajstić information content (AvgIpc) is 2.21. The Morgan fingerprint density at radius 1 is 1.36 bits per heavy atom. The van der Waals surface area contributed by atoms with Crippen molar-refractivity contribution in [2.24, 2.45) is 0 Å². The number of allylic oxidation sites excluding steroid dienone is 1. The van der Waals surface area contributed by atoms with Crippen molar-refractivity contribution in [3.05, 3.63) is 11.6 Å². The van der Waals surface area contributed by atoms with Crippen molar-refractivity contribution in [2.75, 3.05) is 20.3 Å². The van der Waals surface area contributed by atoms with Crippen molar-refractivity contribution in [3.8, 4) is 0 Å². The lowest BCUT2D eigenvalue weighted by Gasteiger charge is -2.20. The summed E-state index contributed by atoms with van der Waals surface area (Å²) in [4.78, 5) is 0. The molecule has 14 heavy (non-hydrogen) atoms. The second kappa shape index (κ2) is 7.02. The van der Waals surface area contributed by atoms with Gasteiger partial charge in [0, 0.05) is 20.3 Å². The van der Waals surface area contributed by atoms with Crippen LogP contribution in [0.4, 0.5) is 0 Å². The van der Waals surface area contributed by atoms with Gasteiger partial charge in [-0.3, -0.25) is 0 Å². The Kier molecular flexibility index (Phi) is 5.88. The third-order valence-electron chi connectivity index (χ3n) is 2.69. The lowest BCUT2D eigenvalue weighted by molar-refractivity contribution is 0.0411. The Labute approximate surface area is 87.3 Å². The minimum Gasteiger partial charge on any atom is -0.385 e. The fourth-order valence-electron chi connectivity index (χ4n) is 1.69. The maximum atomic E-state index is 5.78. The smallest absolute Gasteiger partial charge is 0.0612 e. The van der Waals surface area contributed by atoms with Gasteiger partial charge in [0.05, 0.1) is 6.10 Å². The van der Waals surface area contributed by atoms with Crippen LogP contribution in [0.3, 0.4) is 0 Å².